The molecule has 0 saturated heterocycles. The van der Waals surface area contributed by atoms with Crippen molar-refractivity contribution in [3.8, 4) is 22.6 Å². The van der Waals surface area contributed by atoms with Crippen molar-refractivity contribution in [1.82, 2.24) is 0 Å². The van der Waals surface area contributed by atoms with Gasteiger partial charge in [-0.05, 0) is 29.8 Å². The Kier molecular flexibility index (Phi) is 5.54. The zero-order chi connectivity index (χ0) is 15.1. The van der Waals surface area contributed by atoms with Gasteiger partial charge in [-0.3, -0.25) is 0 Å². The molecule has 4 nitrogen and oxygen atoms in total. The Morgan fingerprint density at radius 3 is 1.95 bits per heavy atom. The summed E-state index contributed by atoms with van der Waals surface area (Å²) in [6.45, 7) is 0.267. The van der Waals surface area contributed by atoms with Crippen molar-refractivity contribution in [2.45, 2.75) is 0 Å². The molecule has 0 heterocycles. The zero-order valence-electron chi connectivity index (χ0n) is 12.0. The molecule has 0 amide bonds. The minimum atomic E-state index is -0.353. The van der Waals surface area contributed by atoms with E-state index in [9.17, 15) is 4.39 Å². The molecule has 0 radical (unpaired) electrons. The Morgan fingerprint density at radius 2 is 1.38 bits per heavy atom. The van der Waals surface area contributed by atoms with Crippen LogP contribution in [0.2, 0.25) is 0 Å². The molecule has 0 fully saturated rings. The number of methoxy groups -OCH3 is 2. The zero-order valence-corrected chi connectivity index (χ0v) is 12.0. The molecule has 5 heteroatoms. The monoisotopic (exact) mass is 292 g/mol. The summed E-state index contributed by atoms with van der Waals surface area (Å²) in [6.07, 6.45) is 0. The Bertz CT molecular complexity index is 569. The number of hydrogen-bond acceptors (Lipinski definition) is 4. The fraction of sp³-hybridized carbons (Fsp3) is 0.250. The van der Waals surface area contributed by atoms with Crippen molar-refractivity contribution in [2.24, 2.45) is 0 Å². The number of hydrogen-bond donors (Lipinski definition) is 0. The molecule has 112 valence electrons. The predicted molar refractivity (Wildman–Crippen MR) is 76.8 cm³/mol. The van der Waals surface area contributed by atoms with Crippen LogP contribution >= 0.6 is 0 Å². The molecule has 0 spiro atoms. The van der Waals surface area contributed by atoms with Crippen LogP contribution in [-0.4, -0.2) is 27.8 Å². The van der Waals surface area contributed by atoms with E-state index in [2.05, 4.69) is 0 Å². The molecule has 0 aliphatic carbocycles. The summed E-state index contributed by atoms with van der Waals surface area (Å²) in [5.74, 6) is 0.744. The quantitative estimate of drug-likeness (QED) is 0.732. The predicted octanol–water partition coefficient (Wildman–Crippen LogP) is 3.46. The second-order valence-electron chi connectivity index (χ2n) is 4.27. The van der Waals surface area contributed by atoms with Crippen molar-refractivity contribution >= 4 is 0 Å². The van der Waals surface area contributed by atoms with Crippen LogP contribution in [0.5, 0.6) is 11.5 Å². The summed E-state index contributed by atoms with van der Waals surface area (Å²) >= 11 is 0. The standard InChI is InChI=1S/C16H17FO4/c1-18-10-20-13-5-3-12(4-6-13)15-8-7-14(9-16(15)17)21-11-19-2/h3-9H,10-11H2,1-2H3. The summed E-state index contributed by atoms with van der Waals surface area (Å²) < 4.78 is 34.2. The van der Waals surface area contributed by atoms with Crippen LogP contribution in [-0.2, 0) is 9.47 Å². The van der Waals surface area contributed by atoms with Gasteiger partial charge < -0.3 is 18.9 Å². The molecule has 0 aliphatic heterocycles. The molecule has 0 saturated carbocycles. The minimum absolute atomic E-state index is 0.0876. The van der Waals surface area contributed by atoms with Gasteiger partial charge in [-0.2, -0.15) is 0 Å². The fourth-order valence-corrected chi connectivity index (χ4v) is 1.80. The van der Waals surface area contributed by atoms with Gasteiger partial charge in [0.05, 0.1) is 0 Å². The van der Waals surface area contributed by atoms with E-state index in [1.165, 1.54) is 13.2 Å². The van der Waals surface area contributed by atoms with E-state index in [0.29, 0.717) is 17.1 Å². The van der Waals surface area contributed by atoms with E-state index < -0.39 is 0 Å². The maximum atomic E-state index is 14.1. The molecule has 21 heavy (non-hydrogen) atoms. The van der Waals surface area contributed by atoms with Crippen molar-refractivity contribution < 1.29 is 23.3 Å². The summed E-state index contributed by atoms with van der Waals surface area (Å²) in [5.41, 5.74) is 1.26. The normalized spacial score (nSPS) is 10.4. The second-order valence-corrected chi connectivity index (χ2v) is 4.27. The van der Waals surface area contributed by atoms with Crippen LogP contribution in [0.1, 0.15) is 0 Å². The average molecular weight is 292 g/mol. The van der Waals surface area contributed by atoms with Gasteiger partial charge in [-0.25, -0.2) is 4.39 Å². The fourth-order valence-electron chi connectivity index (χ4n) is 1.80. The smallest absolute Gasteiger partial charge is 0.188 e. The largest absolute Gasteiger partial charge is 0.468 e. The van der Waals surface area contributed by atoms with Crippen LogP contribution in [0.4, 0.5) is 4.39 Å². The van der Waals surface area contributed by atoms with Gasteiger partial charge in [0.1, 0.15) is 17.3 Å². The Labute approximate surface area is 123 Å². The van der Waals surface area contributed by atoms with Crippen LogP contribution in [0.3, 0.4) is 0 Å². The molecule has 0 aliphatic rings. The van der Waals surface area contributed by atoms with Crippen molar-refractivity contribution in [2.75, 3.05) is 27.8 Å². The van der Waals surface area contributed by atoms with E-state index in [4.69, 9.17) is 18.9 Å². The van der Waals surface area contributed by atoms with Crippen molar-refractivity contribution in [1.29, 1.82) is 0 Å². The lowest BCUT2D eigenvalue weighted by atomic mass is 10.0. The van der Waals surface area contributed by atoms with Gasteiger partial charge in [0.25, 0.3) is 0 Å². The third-order valence-corrected chi connectivity index (χ3v) is 2.79. The van der Waals surface area contributed by atoms with Crippen molar-refractivity contribution in [3.63, 3.8) is 0 Å². The molecule has 0 bridgehead atoms. The number of halogens is 1. The first-order valence-electron chi connectivity index (χ1n) is 6.38. The maximum Gasteiger partial charge on any atom is 0.188 e. The molecule has 0 aromatic heterocycles. The number of benzene rings is 2. The second kappa shape index (κ2) is 7.61. The minimum Gasteiger partial charge on any atom is -0.468 e. The van der Waals surface area contributed by atoms with E-state index in [1.54, 1.807) is 43.5 Å². The molecule has 2 rings (SSSR count). The van der Waals surface area contributed by atoms with Gasteiger partial charge in [-0.1, -0.05) is 12.1 Å². The first kappa shape index (κ1) is 15.3. The highest BCUT2D eigenvalue weighted by Crippen LogP contribution is 2.27. The first-order valence-corrected chi connectivity index (χ1v) is 6.38. The molecular weight excluding hydrogens is 275 g/mol. The Morgan fingerprint density at radius 1 is 0.810 bits per heavy atom. The number of ether oxygens (including phenoxy) is 4. The van der Waals surface area contributed by atoms with E-state index in [1.807, 2.05) is 0 Å². The van der Waals surface area contributed by atoms with Gasteiger partial charge in [0.2, 0.25) is 0 Å². The third-order valence-electron chi connectivity index (χ3n) is 2.79. The van der Waals surface area contributed by atoms with Crippen LogP contribution < -0.4 is 9.47 Å². The summed E-state index contributed by atoms with van der Waals surface area (Å²) in [5, 5.41) is 0. The molecule has 2 aromatic rings. The lowest BCUT2D eigenvalue weighted by Gasteiger charge is -2.09. The summed E-state index contributed by atoms with van der Waals surface area (Å²) in [7, 11) is 3.06. The van der Waals surface area contributed by atoms with Gasteiger partial charge in [-0.15, -0.1) is 0 Å². The lowest BCUT2D eigenvalue weighted by molar-refractivity contribution is 0.0508. The summed E-state index contributed by atoms with van der Waals surface area (Å²) in [4.78, 5) is 0. The lowest BCUT2D eigenvalue weighted by Crippen LogP contribution is -1.99. The van der Waals surface area contributed by atoms with Gasteiger partial charge in [0.15, 0.2) is 13.6 Å². The number of rotatable bonds is 7. The SMILES string of the molecule is COCOc1ccc(-c2ccc(OCOC)cc2F)cc1. The Balaban J connectivity index is 2.13. The highest BCUT2D eigenvalue weighted by molar-refractivity contribution is 5.65. The van der Waals surface area contributed by atoms with Gasteiger partial charge in [0, 0.05) is 25.8 Å². The van der Waals surface area contributed by atoms with E-state index in [0.717, 1.165) is 5.56 Å². The van der Waals surface area contributed by atoms with Crippen LogP contribution in [0.15, 0.2) is 42.5 Å². The van der Waals surface area contributed by atoms with Crippen molar-refractivity contribution in [3.05, 3.63) is 48.3 Å². The third kappa shape index (κ3) is 4.18. The summed E-state index contributed by atoms with van der Waals surface area (Å²) in [6, 6.07) is 11.8. The maximum absolute atomic E-state index is 14.1. The topological polar surface area (TPSA) is 36.9 Å². The molecule has 0 unspecified atom stereocenters. The Hall–Kier alpha value is -2.11. The first-order chi connectivity index (χ1) is 10.2. The highest BCUT2D eigenvalue weighted by Gasteiger charge is 2.07. The van der Waals surface area contributed by atoms with Crippen LogP contribution in [0.25, 0.3) is 11.1 Å². The van der Waals surface area contributed by atoms with E-state index in [-0.39, 0.29) is 19.4 Å². The van der Waals surface area contributed by atoms with Crippen LogP contribution in [0, 0.1) is 5.82 Å². The van der Waals surface area contributed by atoms with Gasteiger partial charge >= 0.3 is 0 Å². The van der Waals surface area contributed by atoms with E-state index >= 15 is 0 Å². The molecular formula is C16H17FO4. The molecule has 0 N–H and O–H groups in total. The molecule has 0 atom stereocenters. The average Bonchev–Trinajstić information content (AvgIpc) is 2.52. The highest BCUT2D eigenvalue weighted by atomic mass is 19.1. The molecule has 2 aromatic carbocycles.